The number of benzene rings is 1. The minimum atomic E-state index is -4.41. The molecule has 0 aliphatic rings. The van der Waals surface area contributed by atoms with Gasteiger partial charge >= 0.3 is 6.18 Å². The van der Waals surface area contributed by atoms with Gasteiger partial charge in [0.15, 0.2) is 0 Å². The number of thiophene rings is 1. The Morgan fingerprint density at radius 1 is 1.30 bits per heavy atom. The van der Waals surface area contributed by atoms with Crippen LogP contribution in [0, 0.1) is 0 Å². The summed E-state index contributed by atoms with van der Waals surface area (Å²) in [6, 6.07) is 4.83. The van der Waals surface area contributed by atoms with Crippen molar-refractivity contribution in [2.45, 2.75) is 25.9 Å². The van der Waals surface area contributed by atoms with Gasteiger partial charge in [0.1, 0.15) is 5.75 Å². The summed E-state index contributed by atoms with van der Waals surface area (Å²) >= 11 is 1.22. The van der Waals surface area contributed by atoms with Crippen molar-refractivity contribution in [3.8, 4) is 16.9 Å². The number of anilines is 1. The molecule has 0 unspecified atom stereocenters. The van der Waals surface area contributed by atoms with E-state index in [0.717, 1.165) is 18.6 Å². The van der Waals surface area contributed by atoms with Crippen molar-refractivity contribution in [3.05, 3.63) is 34.7 Å². The van der Waals surface area contributed by atoms with Gasteiger partial charge in [0.2, 0.25) is 0 Å². The van der Waals surface area contributed by atoms with E-state index in [4.69, 9.17) is 5.73 Å². The molecule has 0 fully saturated rings. The van der Waals surface area contributed by atoms with Crippen molar-refractivity contribution in [3.63, 3.8) is 0 Å². The van der Waals surface area contributed by atoms with Crippen LogP contribution in [0.1, 0.15) is 23.8 Å². The van der Waals surface area contributed by atoms with Crippen LogP contribution in [0.4, 0.5) is 18.2 Å². The first-order chi connectivity index (χ1) is 9.34. The minimum absolute atomic E-state index is 0.00586. The van der Waals surface area contributed by atoms with Crippen LogP contribution >= 0.6 is 11.3 Å². The summed E-state index contributed by atoms with van der Waals surface area (Å²) in [5.74, 6) is -0.00586. The first-order valence-corrected chi connectivity index (χ1v) is 6.94. The van der Waals surface area contributed by atoms with Gasteiger partial charge in [0, 0.05) is 4.88 Å². The summed E-state index contributed by atoms with van der Waals surface area (Å²) < 4.78 is 38.2. The number of hydrogen-bond donors (Lipinski definition) is 2. The molecule has 0 saturated carbocycles. The number of rotatable bonds is 3. The first-order valence-electron chi connectivity index (χ1n) is 6.12. The zero-order valence-corrected chi connectivity index (χ0v) is 11.6. The van der Waals surface area contributed by atoms with Crippen molar-refractivity contribution in [1.82, 2.24) is 0 Å². The number of halogens is 3. The van der Waals surface area contributed by atoms with Crippen molar-refractivity contribution >= 4 is 16.3 Å². The molecule has 2 rings (SSSR count). The van der Waals surface area contributed by atoms with E-state index >= 15 is 0 Å². The van der Waals surface area contributed by atoms with Gasteiger partial charge in [0.25, 0.3) is 0 Å². The van der Waals surface area contributed by atoms with Crippen LogP contribution < -0.4 is 5.73 Å². The molecule has 0 radical (unpaired) electrons. The molecule has 0 aliphatic heterocycles. The fourth-order valence-corrected chi connectivity index (χ4v) is 3.10. The second-order valence-electron chi connectivity index (χ2n) is 4.44. The van der Waals surface area contributed by atoms with Gasteiger partial charge in [-0.2, -0.15) is 13.2 Å². The van der Waals surface area contributed by atoms with Crippen LogP contribution in [0.5, 0.6) is 5.75 Å². The van der Waals surface area contributed by atoms with Crippen LogP contribution in [-0.4, -0.2) is 5.11 Å². The average molecular weight is 301 g/mol. The average Bonchev–Trinajstić information content (AvgIpc) is 2.64. The highest BCUT2D eigenvalue weighted by Gasteiger charge is 2.31. The van der Waals surface area contributed by atoms with Crippen molar-refractivity contribution in [1.29, 1.82) is 0 Å². The maximum atomic E-state index is 12.7. The monoisotopic (exact) mass is 301 g/mol. The molecule has 0 aliphatic carbocycles. The molecule has 0 spiro atoms. The van der Waals surface area contributed by atoms with E-state index in [-0.39, 0.29) is 11.3 Å². The Morgan fingerprint density at radius 3 is 2.60 bits per heavy atom. The molecular formula is C14H14F3NOS. The number of alkyl halides is 3. The number of aromatic hydroxyl groups is 1. The molecule has 3 N–H and O–H groups in total. The smallest absolute Gasteiger partial charge is 0.416 e. The highest BCUT2D eigenvalue weighted by molar-refractivity contribution is 7.17. The van der Waals surface area contributed by atoms with E-state index in [0.29, 0.717) is 21.9 Å². The maximum absolute atomic E-state index is 12.7. The zero-order valence-electron chi connectivity index (χ0n) is 10.8. The van der Waals surface area contributed by atoms with Crippen LogP contribution in [0.15, 0.2) is 24.3 Å². The van der Waals surface area contributed by atoms with Gasteiger partial charge in [0.05, 0.1) is 16.1 Å². The number of aryl methyl sites for hydroxylation is 1. The summed E-state index contributed by atoms with van der Waals surface area (Å²) in [5, 5.41) is 10.5. The van der Waals surface area contributed by atoms with Crippen molar-refractivity contribution in [2.24, 2.45) is 0 Å². The Labute approximate surface area is 118 Å². The molecule has 20 heavy (non-hydrogen) atoms. The predicted octanol–water partition coefficient (Wildman–Crippen LogP) is 4.67. The van der Waals surface area contributed by atoms with E-state index in [1.807, 2.05) is 6.92 Å². The Hall–Kier alpha value is -1.69. The fourth-order valence-electron chi connectivity index (χ4n) is 2.01. The number of nitrogen functional groups attached to an aromatic ring is 1. The normalized spacial score (nSPS) is 11.8. The summed E-state index contributed by atoms with van der Waals surface area (Å²) in [7, 11) is 0. The van der Waals surface area contributed by atoms with Crippen molar-refractivity contribution in [2.75, 3.05) is 5.73 Å². The van der Waals surface area contributed by atoms with Crippen LogP contribution in [0.2, 0.25) is 0 Å². The Morgan fingerprint density at radius 2 is 2.00 bits per heavy atom. The highest BCUT2D eigenvalue weighted by atomic mass is 32.1. The number of nitrogens with two attached hydrogens (primary N) is 1. The quantitative estimate of drug-likeness (QED) is 0.865. The topological polar surface area (TPSA) is 46.2 Å². The van der Waals surface area contributed by atoms with Crippen LogP contribution in [0.3, 0.4) is 0 Å². The molecular weight excluding hydrogens is 287 g/mol. The zero-order chi connectivity index (χ0) is 14.9. The summed E-state index contributed by atoms with van der Waals surface area (Å²) in [5.41, 5.74) is 5.67. The van der Waals surface area contributed by atoms with Gasteiger partial charge < -0.3 is 10.8 Å². The van der Waals surface area contributed by atoms with Crippen molar-refractivity contribution < 1.29 is 18.3 Å². The second-order valence-corrected chi connectivity index (χ2v) is 5.58. The standard InChI is InChI=1S/C14H14F3NOS/c1-2-4-10-12(19)11(13(18)20-10)8-5-3-6-9(7-8)14(15,16)17/h3,5-7,19H,2,4,18H2,1H3. The predicted molar refractivity (Wildman–Crippen MR) is 74.8 cm³/mol. The second kappa shape index (κ2) is 5.36. The summed E-state index contributed by atoms with van der Waals surface area (Å²) in [6.07, 6.45) is -2.93. The molecule has 0 bridgehead atoms. The molecule has 1 aromatic heterocycles. The van der Waals surface area contributed by atoms with Gasteiger partial charge in [-0.05, 0) is 24.1 Å². The Balaban J connectivity index is 2.52. The van der Waals surface area contributed by atoms with E-state index in [1.54, 1.807) is 0 Å². The lowest BCUT2D eigenvalue weighted by Crippen LogP contribution is -2.04. The highest BCUT2D eigenvalue weighted by Crippen LogP contribution is 2.45. The first kappa shape index (κ1) is 14.7. The van der Waals surface area contributed by atoms with Gasteiger partial charge in [-0.1, -0.05) is 25.5 Å². The Kier molecular flexibility index (Phi) is 3.94. The lowest BCUT2D eigenvalue weighted by molar-refractivity contribution is -0.137. The minimum Gasteiger partial charge on any atom is -0.506 e. The molecule has 0 amide bonds. The summed E-state index contributed by atoms with van der Waals surface area (Å²) in [6.45, 7) is 1.96. The van der Waals surface area contributed by atoms with E-state index in [9.17, 15) is 18.3 Å². The molecule has 0 saturated heterocycles. The van der Waals surface area contributed by atoms with E-state index in [2.05, 4.69) is 0 Å². The molecule has 1 aromatic carbocycles. The maximum Gasteiger partial charge on any atom is 0.416 e. The van der Waals surface area contributed by atoms with Gasteiger partial charge in [-0.25, -0.2) is 0 Å². The SMILES string of the molecule is CCCc1sc(N)c(-c2cccc(C(F)(F)F)c2)c1O. The number of hydrogen-bond acceptors (Lipinski definition) is 3. The van der Waals surface area contributed by atoms with E-state index < -0.39 is 11.7 Å². The fraction of sp³-hybridized carbons (Fsp3) is 0.286. The Bertz CT molecular complexity index is 619. The largest absolute Gasteiger partial charge is 0.506 e. The molecule has 0 atom stereocenters. The third kappa shape index (κ3) is 2.75. The van der Waals surface area contributed by atoms with Gasteiger partial charge in [-0.3, -0.25) is 0 Å². The lowest BCUT2D eigenvalue weighted by atomic mass is 10.0. The molecule has 108 valence electrons. The lowest BCUT2D eigenvalue weighted by Gasteiger charge is -2.09. The molecule has 2 nitrogen and oxygen atoms in total. The molecule has 6 heteroatoms. The molecule has 2 aromatic rings. The van der Waals surface area contributed by atoms with Crippen LogP contribution in [-0.2, 0) is 12.6 Å². The van der Waals surface area contributed by atoms with Crippen LogP contribution in [0.25, 0.3) is 11.1 Å². The van der Waals surface area contributed by atoms with Gasteiger partial charge in [-0.15, -0.1) is 11.3 Å². The summed E-state index contributed by atoms with van der Waals surface area (Å²) in [4.78, 5) is 0.706. The third-order valence-corrected chi connectivity index (χ3v) is 4.00. The molecule has 1 heterocycles. The van der Waals surface area contributed by atoms with E-state index in [1.165, 1.54) is 23.5 Å². The third-order valence-electron chi connectivity index (χ3n) is 2.94.